The zero-order valence-electron chi connectivity index (χ0n) is 30.0. The topological polar surface area (TPSA) is 84.3 Å². The number of amidine groups is 1. The van der Waals surface area contributed by atoms with Crippen molar-refractivity contribution < 1.29 is 27.4 Å². The van der Waals surface area contributed by atoms with E-state index in [-0.39, 0.29) is 34.6 Å². The Balaban J connectivity index is 1.25. The van der Waals surface area contributed by atoms with Crippen LogP contribution in [0.3, 0.4) is 0 Å². The molecule has 2 aliphatic heterocycles. The minimum atomic E-state index is -4.75. The molecule has 0 fully saturated rings. The molecular weight excluding hydrogens is 797 g/mol. The summed E-state index contributed by atoms with van der Waals surface area (Å²) in [5.74, 6) is 2.63. The second kappa shape index (κ2) is 14.8. The molecule has 4 heterocycles. The number of fused-ring (bicyclic) bond motifs is 1. The van der Waals surface area contributed by atoms with Gasteiger partial charge in [0.15, 0.2) is 0 Å². The van der Waals surface area contributed by atoms with Gasteiger partial charge in [0.2, 0.25) is 0 Å². The maximum Gasteiger partial charge on any atom is 0.418 e. The number of aryl methyl sites for hydroxylation is 1. The molecule has 9 nitrogen and oxygen atoms in total. The van der Waals surface area contributed by atoms with Gasteiger partial charge in [0.05, 0.1) is 47.8 Å². The number of hydrogen-bond donors (Lipinski definition) is 1. The highest BCUT2D eigenvalue weighted by molar-refractivity contribution is 9.10. The minimum absolute atomic E-state index is 0.00323. The molecule has 0 spiro atoms. The number of aromatic nitrogens is 2. The molecule has 0 radical (unpaired) electrons. The van der Waals surface area contributed by atoms with Crippen LogP contribution in [0.4, 0.5) is 24.7 Å². The van der Waals surface area contributed by atoms with Gasteiger partial charge >= 0.3 is 6.18 Å². The summed E-state index contributed by atoms with van der Waals surface area (Å²) in [7, 11) is 3.19. The lowest BCUT2D eigenvalue weighted by Crippen LogP contribution is -2.33. The Morgan fingerprint density at radius 1 is 1.00 bits per heavy atom. The zero-order chi connectivity index (χ0) is 38.4. The van der Waals surface area contributed by atoms with Crippen molar-refractivity contribution >= 4 is 44.9 Å². The molecule has 0 amide bonds. The van der Waals surface area contributed by atoms with Crippen molar-refractivity contribution in [1.29, 1.82) is 0 Å². The van der Waals surface area contributed by atoms with Crippen molar-refractivity contribution in [2.45, 2.75) is 45.1 Å². The van der Waals surface area contributed by atoms with E-state index in [9.17, 15) is 0 Å². The van der Waals surface area contributed by atoms with Gasteiger partial charge in [0.1, 0.15) is 41.8 Å². The molecule has 1 atom stereocenters. The fourth-order valence-electron chi connectivity index (χ4n) is 7.51. The standard InChI is InChI=1S/C41H35BrClF3N6O3/c1-23-16-34(51(20-24-4-8-26(53-2)9-5-24)21-25-6-10-27(54-3)11-7-25)50-38(36(23)41(44,45)46)29-17-33-35-39(37(29)43)48-22-49-40(35)52(14-15-55-33)32-13-12-28-30(32)18-47-19-31(28)42/h4-11,14-19,32,48H,12-13,20-22H2,1-3H3. The maximum atomic E-state index is 15.1. The number of aliphatic imine (C=N–C) groups is 1. The van der Waals surface area contributed by atoms with Crippen LogP contribution < -0.4 is 24.4 Å². The highest BCUT2D eigenvalue weighted by Gasteiger charge is 2.40. The predicted octanol–water partition coefficient (Wildman–Crippen LogP) is 10.1. The average Bonchev–Trinajstić information content (AvgIpc) is 3.53. The van der Waals surface area contributed by atoms with Gasteiger partial charge in [0.25, 0.3) is 0 Å². The number of pyridine rings is 2. The van der Waals surface area contributed by atoms with E-state index in [1.807, 2.05) is 70.7 Å². The summed E-state index contributed by atoms with van der Waals surface area (Å²) in [6.07, 6.45) is 3.89. The van der Waals surface area contributed by atoms with Gasteiger partial charge in [-0.15, -0.1) is 0 Å². The van der Waals surface area contributed by atoms with Crippen LogP contribution >= 0.6 is 27.5 Å². The van der Waals surface area contributed by atoms with Gasteiger partial charge in [-0.2, -0.15) is 13.2 Å². The lowest BCUT2D eigenvalue weighted by atomic mass is 9.96. The molecule has 2 aromatic heterocycles. The summed E-state index contributed by atoms with van der Waals surface area (Å²) >= 11 is 10.8. The van der Waals surface area contributed by atoms with E-state index < -0.39 is 11.7 Å². The molecule has 1 unspecified atom stereocenters. The van der Waals surface area contributed by atoms with Crippen LogP contribution in [0.2, 0.25) is 5.02 Å². The van der Waals surface area contributed by atoms with E-state index >= 15 is 13.2 Å². The van der Waals surface area contributed by atoms with Crippen LogP contribution in [0.5, 0.6) is 17.2 Å². The van der Waals surface area contributed by atoms with Crippen molar-refractivity contribution in [3.8, 4) is 28.5 Å². The molecule has 0 saturated heterocycles. The Labute approximate surface area is 329 Å². The second-order valence-corrected chi connectivity index (χ2v) is 14.7. The van der Waals surface area contributed by atoms with E-state index in [2.05, 4.69) is 26.2 Å². The monoisotopic (exact) mass is 830 g/mol. The van der Waals surface area contributed by atoms with Crippen molar-refractivity contribution in [3.63, 3.8) is 0 Å². The van der Waals surface area contributed by atoms with Crippen LogP contribution in [0, 0.1) is 6.92 Å². The highest BCUT2D eigenvalue weighted by atomic mass is 79.9. The Hall–Kier alpha value is -5.27. The van der Waals surface area contributed by atoms with Crippen molar-refractivity contribution in [2.24, 2.45) is 4.99 Å². The molecule has 1 aliphatic carbocycles. The summed E-state index contributed by atoms with van der Waals surface area (Å²) in [5.41, 5.74) is 3.95. The first-order chi connectivity index (χ1) is 26.5. The fourth-order valence-corrected chi connectivity index (χ4v) is 8.36. The molecule has 55 heavy (non-hydrogen) atoms. The van der Waals surface area contributed by atoms with Gasteiger partial charge in [-0.25, -0.2) is 9.98 Å². The lowest BCUT2D eigenvalue weighted by molar-refractivity contribution is -0.137. The number of halogens is 5. The number of nitrogens with one attached hydrogen (secondary N) is 1. The van der Waals surface area contributed by atoms with Crippen molar-refractivity contribution in [1.82, 2.24) is 14.9 Å². The Morgan fingerprint density at radius 3 is 2.31 bits per heavy atom. The third-order valence-electron chi connectivity index (χ3n) is 10.1. The zero-order valence-corrected chi connectivity index (χ0v) is 32.4. The number of hydrogen-bond acceptors (Lipinski definition) is 9. The summed E-state index contributed by atoms with van der Waals surface area (Å²) in [5, 5.41) is 3.31. The molecule has 14 heteroatoms. The molecule has 8 rings (SSSR count). The number of benzene rings is 3. The molecule has 0 saturated carbocycles. The lowest BCUT2D eigenvalue weighted by Gasteiger charge is -2.32. The number of nitrogens with zero attached hydrogens (tertiary/aromatic N) is 5. The first-order valence-electron chi connectivity index (χ1n) is 17.5. The number of rotatable bonds is 9. The summed E-state index contributed by atoms with van der Waals surface area (Å²) in [6.45, 7) is 2.29. The normalized spacial score (nSPS) is 15.7. The SMILES string of the molecule is COc1ccc(CN(Cc2ccc(OC)cc2)c2cc(C)c(C(F)(F)F)c(-c3cc4c5c(c3Cl)NCN=C5N(C3CCc5c(Br)cncc53)C=CO4)n2)cc1. The summed E-state index contributed by atoms with van der Waals surface area (Å²) < 4.78 is 63.2. The van der Waals surface area contributed by atoms with Crippen LogP contribution in [-0.4, -0.2) is 41.6 Å². The fraction of sp³-hybridized carbons (Fsp3) is 0.244. The van der Waals surface area contributed by atoms with E-state index in [0.29, 0.717) is 53.2 Å². The Bertz CT molecular complexity index is 2290. The van der Waals surface area contributed by atoms with Crippen molar-refractivity contribution in [2.75, 3.05) is 31.1 Å². The molecular formula is C41H35BrClF3N6O3. The van der Waals surface area contributed by atoms with Crippen LogP contribution in [0.15, 0.2) is 95.0 Å². The van der Waals surface area contributed by atoms with Crippen molar-refractivity contribution in [3.05, 3.63) is 134 Å². The number of anilines is 2. The molecule has 3 aromatic carbocycles. The van der Waals surface area contributed by atoms with Crippen LogP contribution in [-0.2, 0) is 25.7 Å². The smallest absolute Gasteiger partial charge is 0.418 e. The van der Waals surface area contributed by atoms with Crippen LogP contribution in [0.1, 0.15) is 51.4 Å². The molecule has 1 N–H and O–H groups in total. The third-order valence-corrected chi connectivity index (χ3v) is 11.2. The maximum absolute atomic E-state index is 15.1. The largest absolute Gasteiger partial charge is 0.497 e. The van der Waals surface area contributed by atoms with E-state index in [1.165, 1.54) is 30.9 Å². The van der Waals surface area contributed by atoms with E-state index in [0.717, 1.165) is 34.0 Å². The van der Waals surface area contributed by atoms with E-state index in [1.54, 1.807) is 20.4 Å². The number of alkyl halides is 3. The summed E-state index contributed by atoms with van der Waals surface area (Å²) in [4.78, 5) is 18.0. The predicted molar refractivity (Wildman–Crippen MR) is 210 cm³/mol. The van der Waals surface area contributed by atoms with Gasteiger partial charge in [-0.1, -0.05) is 35.9 Å². The molecule has 3 aliphatic rings. The Morgan fingerprint density at radius 2 is 1.67 bits per heavy atom. The summed E-state index contributed by atoms with van der Waals surface area (Å²) in [6, 6.07) is 18.0. The molecule has 282 valence electrons. The van der Waals surface area contributed by atoms with Gasteiger partial charge in [-0.3, -0.25) is 4.98 Å². The first-order valence-corrected chi connectivity index (χ1v) is 18.7. The second-order valence-electron chi connectivity index (χ2n) is 13.4. The molecule has 5 aromatic rings. The molecule has 0 bridgehead atoms. The minimum Gasteiger partial charge on any atom is -0.497 e. The Kier molecular flexibility index (Phi) is 9.85. The highest BCUT2D eigenvalue weighted by Crippen LogP contribution is 2.50. The van der Waals surface area contributed by atoms with Gasteiger partial charge in [0, 0.05) is 41.7 Å². The number of methoxy groups -OCH3 is 2. The average molecular weight is 832 g/mol. The first kappa shape index (κ1) is 36.7. The van der Waals surface area contributed by atoms with Gasteiger partial charge in [-0.05, 0) is 99.9 Å². The van der Waals surface area contributed by atoms with Gasteiger partial charge < -0.3 is 29.3 Å². The third kappa shape index (κ3) is 6.95. The quantitative estimate of drug-likeness (QED) is 0.157. The van der Waals surface area contributed by atoms with E-state index in [4.69, 9.17) is 35.8 Å². The number of ether oxygens (including phenoxy) is 3. The van der Waals surface area contributed by atoms with Crippen LogP contribution in [0.25, 0.3) is 11.3 Å².